The van der Waals surface area contributed by atoms with E-state index in [0.29, 0.717) is 0 Å². The van der Waals surface area contributed by atoms with Crippen LogP contribution in [0.1, 0.15) is 22.3 Å². The van der Waals surface area contributed by atoms with E-state index in [4.69, 9.17) is 18.9 Å². The molecule has 6 rings (SSSR count). The quantitative estimate of drug-likeness (QED) is 0.419. The highest BCUT2D eigenvalue weighted by molar-refractivity contribution is 7.99. The number of ether oxygens (including phenoxy) is 4. The van der Waals surface area contributed by atoms with Gasteiger partial charge in [0.1, 0.15) is 29.1 Å². The van der Waals surface area contributed by atoms with Crippen molar-refractivity contribution in [3.8, 4) is 23.0 Å². The molecule has 0 fully saturated rings. The van der Waals surface area contributed by atoms with E-state index in [1.54, 1.807) is 21.3 Å². The Morgan fingerprint density at radius 2 is 1.63 bits per heavy atom. The second-order valence-electron chi connectivity index (χ2n) is 8.77. The zero-order valence-corrected chi connectivity index (χ0v) is 20.7. The van der Waals surface area contributed by atoms with Crippen LogP contribution in [0.15, 0.2) is 89.4 Å². The summed E-state index contributed by atoms with van der Waals surface area (Å²) in [4.78, 5) is 1.25. The fraction of sp³-hybridized carbons (Fsp3) is 0.200. The molecule has 3 aliphatic rings. The van der Waals surface area contributed by atoms with Gasteiger partial charge >= 0.3 is 0 Å². The van der Waals surface area contributed by atoms with E-state index in [2.05, 4.69) is 54.6 Å². The molecule has 2 heterocycles. The molecular weight excluding hydrogens is 456 g/mol. The van der Waals surface area contributed by atoms with Gasteiger partial charge in [-0.2, -0.15) is 0 Å². The Bertz CT molecular complexity index is 1390. The molecule has 0 aromatic heterocycles. The highest BCUT2D eigenvalue weighted by atomic mass is 32.2. The van der Waals surface area contributed by atoms with Crippen LogP contribution in [0.4, 0.5) is 0 Å². The van der Waals surface area contributed by atoms with Crippen LogP contribution in [-0.2, 0) is 5.41 Å². The number of hydrogen-bond acceptors (Lipinski definition) is 5. The number of allylic oxidation sites excluding steroid dienone is 2. The maximum absolute atomic E-state index is 6.37. The highest BCUT2D eigenvalue weighted by Crippen LogP contribution is 2.57. The van der Waals surface area contributed by atoms with E-state index in [1.807, 2.05) is 42.1 Å². The molecule has 0 amide bonds. The second-order valence-corrected chi connectivity index (χ2v) is 9.76. The molecular formula is C30H26O4S. The van der Waals surface area contributed by atoms with E-state index < -0.39 is 5.41 Å². The van der Waals surface area contributed by atoms with Gasteiger partial charge in [0.2, 0.25) is 0 Å². The average Bonchev–Trinajstić information content (AvgIpc) is 3.32. The summed E-state index contributed by atoms with van der Waals surface area (Å²) < 4.78 is 23.2. The van der Waals surface area contributed by atoms with Gasteiger partial charge in [0, 0.05) is 27.8 Å². The number of hydrogen-bond donors (Lipinski definition) is 0. The normalized spacial score (nSPS) is 21.3. The third kappa shape index (κ3) is 3.37. The minimum absolute atomic E-state index is 0.0232. The first-order chi connectivity index (χ1) is 17.2. The monoisotopic (exact) mass is 482 g/mol. The van der Waals surface area contributed by atoms with E-state index in [0.717, 1.165) is 39.9 Å². The first-order valence-electron chi connectivity index (χ1n) is 11.6. The molecule has 4 nitrogen and oxygen atoms in total. The van der Waals surface area contributed by atoms with Crippen molar-refractivity contribution in [3.63, 3.8) is 0 Å². The third-order valence-corrected chi connectivity index (χ3v) is 8.39. The molecule has 1 aliphatic carbocycles. The molecule has 3 aromatic rings. The first-order valence-corrected chi connectivity index (χ1v) is 12.6. The number of thioether (sulfide) groups is 1. The minimum atomic E-state index is -0.406. The van der Waals surface area contributed by atoms with Gasteiger partial charge in [0.25, 0.3) is 0 Å². The van der Waals surface area contributed by atoms with Crippen LogP contribution in [0.5, 0.6) is 23.0 Å². The predicted molar refractivity (Wildman–Crippen MR) is 140 cm³/mol. The fourth-order valence-corrected chi connectivity index (χ4v) is 6.84. The lowest BCUT2D eigenvalue weighted by atomic mass is 9.70. The Labute approximate surface area is 209 Å². The second kappa shape index (κ2) is 8.58. The van der Waals surface area contributed by atoms with E-state index >= 15 is 0 Å². The zero-order valence-electron chi connectivity index (χ0n) is 19.9. The Kier molecular flexibility index (Phi) is 5.37. The molecule has 2 aliphatic heterocycles. The summed E-state index contributed by atoms with van der Waals surface area (Å²) in [5.41, 5.74) is 5.48. The number of methoxy groups -OCH3 is 3. The van der Waals surface area contributed by atoms with Crippen LogP contribution in [0.2, 0.25) is 0 Å². The lowest BCUT2D eigenvalue weighted by molar-refractivity contribution is 0.282. The van der Waals surface area contributed by atoms with Gasteiger partial charge in [-0.25, -0.2) is 0 Å². The molecule has 0 saturated heterocycles. The SMILES string of the molecule is COc1ccc(C2(c3ccc(OC)cc3OC)CSc3c2ccc2c3C=C3C=CC=CC3O2)cc1. The van der Waals surface area contributed by atoms with Gasteiger partial charge in [0.15, 0.2) is 0 Å². The maximum atomic E-state index is 6.37. The van der Waals surface area contributed by atoms with Crippen LogP contribution in [-0.4, -0.2) is 33.2 Å². The van der Waals surface area contributed by atoms with Crippen LogP contribution in [0, 0.1) is 0 Å². The Balaban J connectivity index is 1.59. The molecule has 2 unspecified atom stereocenters. The minimum Gasteiger partial charge on any atom is -0.497 e. The molecule has 0 saturated carbocycles. The first kappa shape index (κ1) is 21.9. The van der Waals surface area contributed by atoms with Gasteiger partial charge in [-0.15, -0.1) is 11.8 Å². The van der Waals surface area contributed by atoms with Crippen molar-refractivity contribution in [1.82, 2.24) is 0 Å². The van der Waals surface area contributed by atoms with Gasteiger partial charge in [-0.1, -0.05) is 42.5 Å². The molecule has 0 N–H and O–H groups in total. The summed E-state index contributed by atoms with van der Waals surface area (Å²) in [7, 11) is 5.09. The summed E-state index contributed by atoms with van der Waals surface area (Å²) in [5.74, 6) is 4.19. The highest BCUT2D eigenvalue weighted by Gasteiger charge is 2.46. The lowest BCUT2D eigenvalue weighted by Gasteiger charge is -2.33. The predicted octanol–water partition coefficient (Wildman–Crippen LogP) is 6.42. The van der Waals surface area contributed by atoms with Gasteiger partial charge in [-0.05, 0) is 53.1 Å². The van der Waals surface area contributed by atoms with E-state index in [1.165, 1.54) is 21.6 Å². The summed E-state index contributed by atoms with van der Waals surface area (Å²) in [6.07, 6.45) is 10.6. The summed E-state index contributed by atoms with van der Waals surface area (Å²) >= 11 is 1.87. The Morgan fingerprint density at radius 3 is 2.40 bits per heavy atom. The molecule has 35 heavy (non-hydrogen) atoms. The average molecular weight is 483 g/mol. The van der Waals surface area contributed by atoms with Crippen LogP contribution in [0.3, 0.4) is 0 Å². The van der Waals surface area contributed by atoms with Crippen LogP contribution in [0.25, 0.3) is 6.08 Å². The van der Waals surface area contributed by atoms with Crippen LogP contribution >= 0.6 is 11.8 Å². The molecule has 0 radical (unpaired) electrons. The molecule has 3 aromatic carbocycles. The third-order valence-electron chi connectivity index (χ3n) is 7.08. The molecule has 0 spiro atoms. The van der Waals surface area contributed by atoms with Crippen molar-refractivity contribution >= 4 is 17.8 Å². The zero-order chi connectivity index (χ0) is 24.0. The summed E-state index contributed by atoms with van der Waals surface area (Å²) in [5, 5.41) is 0. The topological polar surface area (TPSA) is 36.9 Å². The van der Waals surface area contributed by atoms with E-state index in [9.17, 15) is 0 Å². The van der Waals surface area contributed by atoms with Gasteiger partial charge in [0.05, 0.1) is 26.7 Å². The number of fused-ring (bicyclic) bond motifs is 4. The smallest absolute Gasteiger partial charge is 0.142 e. The molecule has 0 bridgehead atoms. The van der Waals surface area contributed by atoms with Crippen molar-refractivity contribution < 1.29 is 18.9 Å². The Morgan fingerprint density at radius 1 is 0.857 bits per heavy atom. The standard InChI is InChI=1S/C30H26O4S/c1-31-21-10-8-20(9-11-21)30(24-13-12-22(32-2)17-28(24)33-3)18-35-29-23-16-19-6-4-5-7-26(19)34-27(23)15-14-25(29)30/h4-17,26H,18H2,1-3H3. The van der Waals surface area contributed by atoms with Crippen molar-refractivity contribution in [3.05, 3.63) is 107 Å². The Hall–Kier alpha value is -3.57. The molecule has 2 atom stereocenters. The van der Waals surface area contributed by atoms with Crippen molar-refractivity contribution in [2.24, 2.45) is 0 Å². The van der Waals surface area contributed by atoms with Gasteiger partial charge in [-0.3, -0.25) is 0 Å². The number of rotatable bonds is 5. The van der Waals surface area contributed by atoms with Crippen molar-refractivity contribution in [2.45, 2.75) is 16.4 Å². The maximum Gasteiger partial charge on any atom is 0.142 e. The fourth-order valence-electron chi connectivity index (χ4n) is 5.29. The van der Waals surface area contributed by atoms with Crippen molar-refractivity contribution in [1.29, 1.82) is 0 Å². The molecule has 176 valence electrons. The summed E-state index contributed by atoms with van der Waals surface area (Å²) in [6, 6.07) is 18.9. The summed E-state index contributed by atoms with van der Waals surface area (Å²) in [6.45, 7) is 0. The van der Waals surface area contributed by atoms with E-state index in [-0.39, 0.29) is 6.10 Å². The van der Waals surface area contributed by atoms with Gasteiger partial charge < -0.3 is 18.9 Å². The largest absolute Gasteiger partial charge is 0.497 e. The van der Waals surface area contributed by atoms with Crippen molar-refractivity contribution in [2.75, 3.05) is 27.1 Å². The molecule has 5 heteroatoms. The number of benzene rings is 3. The van der Waals surface area contributed by atoms with Crippen LogP contribution < -0.4 is 18.9 Å². The lowest BCUT2D eigenvalue weighted by Crippen LogP contribution is -2.30.